The molecule has 2 unspecified atom stereocenters. The molecule has 5 nitrogen and oxygen atoms in total. The summed E-state index contributed by atoms with van der Waals surface area (Å²) in [5.74, 6) is 1.38. The van der Waals surface area contributed by atoms with Gasteiger partial charge >= 0.3 is 0 Å². The molecule has 2 atom stereocenters. The first-order chi connectivity index (χ1) is 9.36. The molecule has 0 amide bonds. The highest BCUT2D eigenvalue weighted by Crippen LogP contribution is 2.32. The molecule has 1 fully saturated rings. The summed E-state index contributed by atoms with van der Waals surface area (Å²) in [6, 6.07) is 0. The van der Waals surface area contributed by atoms with Crippen LogP contribution in [0.25, 0.3) is 0 Å². The van der Waals surface area contributed by atoms with Gasteiger partial charge in [0.05, 0.1) is 11.4 Å². The van der Waals surface area contributed by atoms with E-state index in [9.17, 15) is 8.42 Å². The minimum absolute atomic E-state index is 0.306. The Bertz CT molecular complexity index is 583. The van der Waals surface area contributed by atoms with E-state index in [1.807, 2.05) is 0 Å². The molecule has 114 valence electrons. The zero-order valence-electron chi connectivity index (χ0n) is 12.2. The van der Waals surface area contributed by atoms with Crippen molar-refractivity contribution in [3.8, 4) is 0 Å². The van der Waals surface area contributed by atoms with Crippen molar-refractivity contribution < 1.29 is 8.42 Å². The SMILES string of the molecule is Cc1nn(C)c(C)c1S(=O)(=O)NCC1CCCC1CCl. The Morgan fingerprint density at radius 2 is 2.00 bits per heavy atom. The first kappa shape index (κ1) is 15.8. The smallest absolute Gasteiger partial charge is 0.244 e. The average Bonchev–Trinajstić information content (AvgIpc) is 2.92. The third kappa shape index (κ3) is 3.02. The Balaban J connectivity index is 2.12. The summed E-state index contributed by atoms with van der Waals surface area (Å²) in [5, 5.41) is 4.16. The van der Waals surface area contributed by atoms with Crippen LogP contribution in [0.4, 0.5) is 0 Å². The van der Waals surface area contributed by atoms with Gasteiger partial charge in [0.2, 0.25) is 10.0 Å². The van der Waals surface area contributed by atoms with Crippen LogP contribution in [0, 0.1) is 25.7 Å². The molecule has 0 spiro atoms. The molecule has 1 N–H and O–H groups in total. The van der Waals surface area contributed by atoms with Crippen LogP contribution in [0.2, 0.25) is 0 Å². The number of alkyl halides is 1. The Kier molecular flexibility index (Phi) is 4.76. The van der Waals surface area contributed by atoms with E-state index in [4.69, 9.17) is 11.6 Å². The number of nitrogens with one attached hydrogen (secondary N) is 1. The van der Waals surface area contributed by atoms with E-state index in [2.05, 4.69) is 9.82 Å². The van der Waals surface area contributed by atoms with Crippen molar-refractivity contribution in [1.29, 1.82) is 0 Å². The van der Waals surface area contributed by atoms with Crippen molar-refractivity contribution >= 4 is 21.6 Å². The molecule has 1 aromatic rings. The van der Waals surface area contributed by atoms with Crippen molar-refractivity contribution in [2.75, 3.05) is 12.4 Å². The maximum Gasteiger partial charge on any atom is 0.244 e. The summed E-state index contributed by atoms with van der Waals surface area (Å²) in [6.07, 6.45) is 3.28. The lowest BCUT2D eigenvalue weighted by Gasteiger charge is -2.17. The molecule has 0 radical (unpaired) electrons. The lowest BCUT2D eigenvalue weighted by molar-refractivity contribution is 0.418. The largest absolute Gasteiger partial charge is 0.271 e. The minimum atomic E-state index is -3.50. The molecule has 1 saturated carbocycles. The van der Waals surface area contributed by atoms with Crippen molar-refractivity contribution in [2.45, 2.75) is 38.0 Å². The molecule has 0 aliphatic heterocycles. The predicted octanol–water partition coefficient (Wildman–Crippen LogP) is 1.97. The van der Waals surface area contributed by atoms with Gasteiger partial charge in [-0.25, -0.2) is 13.1 Å². The van der Waals surface area contributed by atoms with Gasteiger partial charge in [0.25, 0.3) is 0 Å². The molecule has 1 aliphatic rings. The Labute approximate surface area is 125 Å². The summed E-state index contributed by atoms with van der Waals surface area (Å²) < 4.78 is 29.2. The van der Waals surface area contributed by atoms with Gasteiger partial charge in [-0.05, 0) is 38.5 Å². The molecule has 20 heavy (non-hydrogen) atoms. The zero-order valence-corrected chi connectivity index (χ0v) is 13.8. The van der Waals surface area contributed by atoms with E-state index in [-0.39, 0.29) is 0 Å². The van der Waals surface area contributed by atoms with Crippen LogP contribution in [-0.2, 0) is 17.1 Å². The molecular formula is C13H22ClN3O2S. The fourth-order valence-corrected chi connectivity index (χ4v) is 4.95. The minimum Gasteiger partial charge on any atom is -0.271 e. The van der Waals surface area contributed by atoms with Crippen LogP contribution < -0.4 is 4.72 Å². The molecule has 1 heterocycles. The number of aromatic nitrogens is 2. The van der Waals surface area contributed by atoms with Crippen molar-refractivity contribution in [3.63, 3.8) is 0 Å². The van der Waals surface area contributed by atoms with E-state index in [0.29, 0.717) is 40.5 Å². The van der Waals surface area contributed by atoms with E-state index in [1.54, 1.807) is 25.6 Å². The second-order valence-corrected chi connectivity index (χ2v) is 7.59. The highest BCUT2D eigenvalue weighted by molar-refractivity contribution is 7.89. The number of rotatable bonds is 5. The summed E-state index contributed by atoms with van der Waals surface area (Å²) in [6.45, 7) is 3.96. The Morgan fingerprint density at radius 3 is 2.55 bits per heavy atom. The van der Waals surface area contributed by atoms with E-state index in [0.717, 1.165) is 19.3 Å². The van der Waals surface area contributed by atoms with Crippen LogP contribution in [0.3, 0.4) is 0 Å². The second kappa shape index (κ2) is 6.03. The number of hydrogen-bond acceptors (Lipinski definition) is 3. The van der Waals surface area contributed by atoms with Crippen LogP contribution in [0.1, 0.15) is 30.7 Å². The standard InChI is InChI=1S/C13H22ClN3O2S/c1-9-13(10(2)17(3)16-9)20(18,19)15-8-12-6-4-5-11(12)7-14/h11-12,15H,4-8H2,1-3H3. The molecule has 7 heteroatoms. The van der Waals surface area contributed by atoms with E-state index >= 15 is 0 Å². The molecule has 2 rings (SSSR count). The third-order valence-corrected chi connectivity index (χ3v) is 6.33. The van der Waals surface area contributed by atoms with Crippen LogP contribution >= 0.6 is 11.6 Å². The fourth-order valence-electron chi connectivity index (χ4n) is 3.02. The fraction of sp³-hybridized carbons (Fsp3) is 0.769. The van der Waals surface area contributed by atoms with Gasteiger partial charge in [-0.15, -0.1) is 11.6 Å². The van der Waals surface area contributed by atoms with Crippen molar-refractivity contribution in [1.82, 2.24) is 14.5 Å². The van der Waals surface area contributed by atoms with Gasteiger partial charge in [-0.3, -0.25) is 4.68 Å². The molecule has 0 aromatic carbocycles. The summed E-state index contributed by atoms with van der Waals surface area (Å²) in [4.78, 5) is 0.306. The highest BCUT2D eigenvalue weighted by Gasteiger charge is 2.29. The van der Waals surface area contributed by atoms with Crippen molar-refractivity contribution in [2.24, 2.45) is 18.9 Å². The normalized spacial score (nSPS) is 23.4. The van der Waals surface area contributed by atoms with Crippen LogP contribution in [-0.4, -0.2) is 30.6 Å². The lowest BCUT2D eigenvalue weighted by Crippen LogP contribution is -2.31. The second-order valence-electron chi connectivity index (χ2n) is 5.58. The number of hydrogen-bond donors (Lipinski definition) is 1. The van der Waals surface area contributed by atoms with Gasteiger partial charge in [0, 0.05) is 19.5 Å². The quantitative estimate of drug-likeness (QED) is 0.844. The van der Waals surface area contributed by atoms with Crippen molar-refractivity contribution in [3.05, 3.63) is 11.4 Å². The number of aryl methyl sites for hydroxylation is 2. The van der Waals surface area contributed by atoms with Gasteiger partial charge in [0.15, 0.2) is 0 Å². The number of sulfonamides is 1. The lowest BCUT2D eigenvalue weighted by atomic mass is 9.98. The van der Waals surface area contributed by atoms with E-state index in [1.165, 1.54) is 0 Å². The first-order valence-electron chi connectivity index (χ1n) is 6.92. The van der Waals surface area contributed by atoms with Gasteiger partial charge in [0.1, 0.15) is 4.90 Å². The van der Waals surface area contributed by atoms with Gasteiger partial charge < -0.3 is 0 Å². The summed E-state index contributed by atoms with van der Waals surface area (Å²) in [7, 11) is -1.74. The summed E-state index contributed by atoms with van der Waals surface area (Å²) >= 11 is 5.93. The maximum absolute atomic E-state index is 12.4. The average molecular weight is 320 g/mol. The van der Waals surface area contributed by atoms with Gasteiger partial charge in [-0.2, -0.15) is 5.10 Å². The number of nitrogens with zero attached hydrogens (tertiary/aromatic N) is 2. The van der Waals surface area contributed by atoms with Crippen LogP contribution in [0.15, 0.2) is 4.90 Å². The molecule has 0 bridgehead atoms. The number of halogens is 1. The molecule has 1 aromatic heterocycles. The maximum atomic E-state index is 12.4. The Hall–Kier alpha value is -0.590. The topological polar surface area (TPSA) is 64.0 Å². The van der Waals surface area contributed by atoms with Crippen LogP contribution in [0.5, 0.6) is 0 Å². The highest BCUT2D eigenvalue weighted by atomic mass is 35.5. The first-order valence-corrected chi connectivity index (χ1v) is 8.94. The monoisotopic (exact) mass is 319 g/mol. The zero-order chi connectivity index (χ0) is 14.9. The van der Waals surface area contributed by atoms with E-state index < -0.39 is 10.0 Å². The summed E-state index contributed by atoms with van der Waals surface area (Å²) in [5.41, 5.74) is 1.20. The molecular weight excluding hydrogens is 298 g/mol. The third-order valence-electron chi connectivity index (χ3n) is 4.26. The Morgan fingerprint density at radius 1 is 1.35 bits per heavy atom. The molecule has 0 saturated heterocycles. The van der Waals surface area contributed by atoms with Gasteiger partial charge in [-0.1, -0.05) is 6.42 Å². The predicted molar refractivity (Wildman–Crippen MR) is 79.4 cm³/mol. The molecule has 1 aliphatic carbocycles.